The van der Waals surface area contributed by atoms with Gasteiger partial charge in [-0.25, -0.2) is 0 Å². The summed E-state index contributed by atoms with van der Waals surface area (Å²) < 4.78 is 6.28. The lowest BCUT2D eigenvalue weighted by molar-refractivity contribution is 0.415. The Hall–Kier alpha value is -2.07. The third kappa shape index (κ3) is 3.00. The summed E-state index contributed by atoms with van der Waals surface area (Å²) in [6.07, 6.45) is 1.85. The Morgan fingerprint density at radius 3 is 2.86 bits per heavy atom. The fraction of sp³-hybridized carbons (Fsp3) is 0.118. The molecule has 4 heteroatoms. The Balaban J connectivity index is 1.87. The number of aromatic nitrogens is 1. The van der Waals surface area contributed by atoms with Crippen LogP contribution < -0.4 is 10.1 Å². The lowest BCUT2D eigenvalue weighted by Crippen LogP contribution is -2.01. The lowest BCUT2D eigenvalue weighted by atomic mass is 10.1. The van der Waals surface area contributed by atoms with Crippen LogP contribution in [0, 0.1) is 0 Å². The molecule has 2 aromatic carbocycles. The summed E-state index contributed by atoms with van der Waals surface area (Å²) in [7, 11) is 1.67. The third-order valence-electron chi connectivity index (χ3n) is 3.38. The number of hydrogen-bond donors (Lipinski definition) is 1. The van der Waals surface area contributed by atoms with Gasteiger partial charge < -0.3 is 10.1 Å². The molecule has 0 amide bonds. The predicted octanol–water partition coefficient (Wildman–Crippen LogP) is 4.62. The molecule has 0 bridgehead atoms. The smallest absolute Gasteiger partial charge is 0.121 e. The number of ether oxygens (including phenoxy) is 1. The average molecular weight is 343 g/mol. The van der Waals surface area contributed by atoms with E-state index < -0.39 is 0 Å². The molecule has 0 radical (unpaired) electrons. The molecule has 106 valence electrons. The number of anilines is 1. The zero-order valence-electron chi connectivity index (χ0n) is 11.6. The molecular weight excluding hydrogens is 328 g/mol. The normalized spacial score (nSPS) is 10.6. The van der Waals surface area contributed by atoms with E-state index in [4.69, 9.17) is 4.74 Å². The van der Waals surface area contributed by atoms with E-state index >= 15 is 0 Å². The number of fused-ring (bicyclic) bond motifs is 1. The highest BCUT2D eigenvalue weighted by Crippen LogP contribution is 2.28. The molecule has 0 unspecified atom stereocenters. The summed E-state index contributed by atoms with van der Waals surface area (Å²) >= 11 is 3.55. The Labute approximate surface area is 132 Å². The first-order valence-electron chi connectivity index (χ1n) is 6.68. The van der Waals surface area contributed by atoms with E-state index in [2.05, 4.69) is 32.3 Å². The van der Waals surface area contributed by atoms with Gasteiger partial charge in [0, 0.05) is 28.7 Å². The minimum Gasteiger partial charge on any atom is -0.497 e. The molecule has 0 spiro atoms. The minimum atomic E-state index is 0.731. The highest BCUT2D eigenvalue weighted by atomic mass is 79.9. The van der Waals surface area contributed by atoms with E-state index in [-0.39, 0.29) is 0 Å². The highest BCUT2D eigenvalue weighted by Gasteiger charge is 2.04. The second kappa shape index (κ2) is 6.14. The second-order valence-electron chi connectivity index (χ2n) is 4.69. The quantitative estimate of drug-likeness (QED) is 0.751. The van der Waals surface area contributed by atoms with Crippen LogP contribution in [0.5, 0.6) is 5.75 Å². The van der Waals surface area contributed by atoms with E-state index in [1.807, 2.05) is 48.7 Å². The Morgan fingerprint density at radius 1 is 1.14 bits per heavy atom. The van der Waals surface area contributed by atoms with E-state index in [0.29, 0.717) is 0 Å². The number of pyridine rings is 1. The van der Waals surface area contributed by atoms with Gasteiger partial charge in [0.25, 0.3) is 0 Å². The van der Waals surface area contributed by atoms with Gasteiger partial charge in [-0.3, -0.25) is 4.98 Å². The second-order valence-corrected chi connectivity index (χ2v) is 5.54. The first-order valence-corrected chi connectivity index (χ1v) is 7.47. The molecule has 0 aliphatic heterocycles. The van der Waals surface area contributed by atoms with Crippen molar-refractivity contribution in [2.45, 2.75) is 6.54 Å². The van der Waals surface area contributed by atoms with Crippen molar-refractivity contribution < 1.29 is 4.74 Å². The van der Waals surface area contributed by atoms with Crippen molar-refractivity contribution in [3.8, 4) is 5.75 Å². The Kier molecular flexibility index (Phi) is 4.06. The number of para-hydroxylation sites is 1. The number of nitrogens with one attached hydrogen (secondary N) is 1. The maximum Gasteiger partial charge on any atom is 0.121 e. The molecule has 0 atom stereocenters. The van der Waals surface area contributed by atoms with Crippen molar-refractivity contribution in [1.29, 1.82) is 0 Å². The van der Waals surface area contributed by atoms with Gasteiger partial charge in [-0.2, -0.15) is 0 Å². The summed E-state index contributed by atoms with van der Waals surface area (Å²) in [5, 5.41) is 4.61. The first-order chi connectivity index (χ1) is 10.3. The molecule has 3 rings (SSSR count). The monoisotopic (exact) mass is 342 g/mol. The van der Waals surface area contributed by atoms with E-state index in [1.165, 1.54) is 10.9 Å². The van der Waals surface area contributed by atoms with Crippen LogP contribution in [0.1, 0.15) is 5.56 Å². The molecule has 0 aliphatic carbocycles. The number of methoxy groups -OCH3 is 1. The van der Waals surface area contributed by atoms with Gasteiger partial charge in [0.15, 0.2) is 0 Å². The molecule has 0 fully saturated rings. The number of hydrogen-bond acceptors (Lipinski definition) is 3. The number of rotatable bonds is 4. The van der Waals surface area contributed by atoms with Crippen molar-refractivity contribution >= 4 is 32.5 Å². The van der Waals surface area contributed by atoms with Gasteiger partial charge in [-0.15, -0.1) is 0 Å². The lowest BCUT2D eigenvalue weighted by Gasteiger charge is -2.11. The minimum absolute atomic E-state index is 0.731. The topological polar surface area (TPSA) is 34.1 Å². The summed E-state index contributed by atoms with van der Waals surface area (Å²) in [5.41, 5.74) is 3.24. The first kappa shape index (κ1) is 13.9. The van der Waals surface area contributed by atoms with Crippen LogP contribution >= 0.6 is 15.9 Å². The number of nitrogens with zero attached hydrogens (tertiary/aromatic N) is 1. The number of benzene rings is 2. The van der Waals surface area contributed by atoms with E-state index in [1.54, 1.807) is 7.11 Å². The van der Waals surface area contributed by atoms with Crippen LogP contribution in [0.4, 0.5) is 5.69 Å². The van der Waals surface area contributed by atoms with Crippen molar-refractivity contribution in [1.82, 2.24) is 4.98 Å². The molecular formula is C17H15BrN2O. The van der Waals surface area contributed by atoms with Crippen LogP contribution in [0.25, 0.3) is 10.9 Å². The molecule has 1 N–H and O–H groups in total. The van der Waals surface area contributed by atoms with Gasteiger partial charge >= 0.3 is 0 Å². The van der Waals surface area contributed by atoms with Gasteiger partial charge in [-0.1, -0.05) is 18.2 Å². The molecule has 1 heterocycles. The zero-order chi connectivity index (χ0) is 14.7. The van der Waals surface area contributed by atoms with Crippen LogP contribution in [0.15, 0.2) is 59.2 Å². The number of halogens is 1. The van der Waals surface area contributed by atoms with Gasteiger partial charge in [0.05, 0.1) is 18.3 Å². The van der Waals surface area contributed by atoms with Crippen molar-refractivity contribution in [3.05, 3.63) is 64.8 Å². The zero-order valence-corrected chi connectivity index (χ0v) is 13.2. The maximum atomic E-state index is 5.26. The van der Waals surface area contributed by atoms with Crippen molar-refractivity contribution in [2.24, 2.45) is 0 Å². The SMILES string of the molecule is COc1ccc(Br)c(NCc2ccnc3ccccc23)c1. The summed E-state index contributed by atoms with van der Waals surface area (Å²) in [6, 6.07) is 16.1. The molecule has 3 nitrogen and oxygen atoms in total. The van der Waals surface area contributed by atoms with Crippen molar-refractivity contribution in [3.63, 3.8) is 0 Å². The third-order valence-corrected chi connectivity index (χ3v) is 4.07. The summed E-state index contributed by atoms with van der Waals surface area (Å²) in [5.74, 6) is 0.834. The highest BCUT2D eigenvalue weighted by molar-refractivity contribution is 9.10. The van der Waals surface area contributed by atoms with Crippen LogP contribution in [-0.4, -0.2) is 12.1 Å². The van der Waals surface area contributed by atoms with Crippen LogP contribution in [0.3, 0.4) is 0 Å². The van der Waals surface area contributed by atoms with Gasteiger partial charge in [-0.05, 0) is 45.8 Å². The van der Waals surface area contributed by atoms with E-state index in [9.17, 15) is 0 Å². The van der Waals surface area contributed by atoms with Crippen LogP contribution in [-0.2, 0) is 6.54 Å². The molecule has 21 heavy (non-hydrogen) atoms. The molecule has 3 aromatic rings. The summed E-state index contributed by atoms with van der Waals surface area (Å²) in [6.45, 7) is 0.731. The van der Waals surface area contributed by atoms with Crippen molar-refractivity contribution in [2.75, 3.05) is 12.4 Å². The standard InChI is InChI=1S/C17H15BrN2O/c1-21-13-6-7-15(18)17(10-13)20-11-12-8-9-19-16-5-3-2-4-14(12)16/h2-10,20H,11H2,1H3. The largest absolute Gasteiger partial charge is 0.497 e. The fourth-order valence-corrected chi connectivity index (χ4v) is 2.65. The molecule has 0 aliphatic rings. The average Bonchev–Trinajstić information content (AvgIpc) is 2.54. The predicted molar refractivity (Wildman–Crippen MR) is 89.8 cm³/mol. The van der Waals surface area contributed by atoms with E-state index in [0.717, 1.165) is 28.0 Å². The fourth-order valence-electron chi connectivity index (χ4n) is 2.27. The maximum absolute atomic E-state index is 5.26. The summed E-state index contributed by atoms with van der Waals surface area (Å²) in [4.78, 5) is 4.38. The van der Waals surface area contributed by atoms with Crippen LogP contribution in [0.2, 0.25) is 0 Å². The molecule has 0 saturated carbocycles. The molecule has 0 saturated heterocycles. The Morgan fingerprint density at radius 2 is 2.00 bits per heavy atom. The van der Waals surface area contributed by atoms with Gasteiger partial charge in [0.2, 0.25) is 0 Å². The Bertz CT molecular complexity index is 768. The van der Waals surface area contributed by atoms with Gasteiger partial charge in [0.1, 0.15) is 5.75 Å². The molecule has 1 aromatic heterocycles.